The van der Waals surface area contributed by atoms with Gasteiger partial charge in [-0.15, -0.1) is 0 Å². The second-order valence-electron chi connectivity index (χ2n) is 8.49. The van der Waals surface area contributed by atoms with E-state index in [9.17, 15) is 9.59 Å². The summed E-state index contributed by atoms with van der Waals surface area (Å²) in [5, 5.41) is 6.31. The van der Waals surface area contributed by atoms with Gasteiger partial charge in [0.1, 0.15) is 0 Å². The highest BCUT2D eigenvalue weighted by molar-refractivity contribution is 6.09. The highest BCUT2D eigenvalue weighted by Gasteiger charge is 2.43. The number of dihydropyridines is 1. The summed E-state index contributed by atoms with van der Waals surface area (Å²) in [5.74, 6) is 0.0899. The molecule has 2 aliphatic rings. The fraction of sp³-hybridized carbons (Fsp3) is 0.304. The number of ketones is 1. The Bertz CT molecular complexity index is 1020. The van der Waals surface area contributed by atoms with E-state index in [0.29, 0.717) is 23.4 Å². The van der Waals surface area contributed by atoms with Gasteiger partial charge in [0.25, 0.3) is 5.82 Å². The zero-order valence-electron chi connectivity index (χ0n) is 16.9. The largest absolute Gasteiger partial charge is 0.362 e. The van der Waals surface area contributed by atoms with E-state index in [4.69, 9.17) is 0 Å². The molecule has 0 saturated heterocycles. The van der Waals surface area contributed by atoms with Crippen molar-refractivity contribution in [1.82, 2.24) is 5.32 Å². The van der Waals surface area contributed by atoms with Gasteiger partial charge in [0.05, 0.1) is 11.8 Å². The number of pyridine rings is 2. The fourth-order valence-corrected chi connectivity index (χ4v) is 4.32. The van der Waals surface area contributed by atoms with E-state index >= 15 is 0 Å². The van der Waals surface area contributed by atoms with Gasteiger partial charge in [-0.2, -0.15) is 0 Å². The van der Waals surface area contributed by atoms with Gasteiger partial charge in [0, 0.05) is 47.5 Å². The summed E-state index contributed by atoms with van der Waals surface area (Å²) in [5.41, 5.74) is 3.82. The molecule has 1 atom stereocenters. The van der Waals surface area contributed by atoms with Gasteiger partial charge >= 0.3 is 5.91 Å². The third-order valence-electron chi connectivity index (χ3n) is 5.52. The lowest BCUT2D eigenvalue weighted by Gasteiger charge is -2.39. The molecule has 1 amide bonds. The van der Waals surface area contributed by atoms with Gasteiger partial charge < -0.3 is 5.32 Å². The Balaban J connectivity index is 1.80. The highest BCUT2D eigenvalue weighted by atomic mass is 16.2. The van der Waals surface area contributed by atoms with Crippen LogP contribution in [0.1, 0.15) is 45.1 Å². The first-order valence-corrected chi connectivity index (χ1v) is 9.84. The number of amides is 1. The number of carbonyl (C=O) groups excluding carboxylic acids is 2. The van der Waals surface area contributed by atoms with Crippen molar-refractivity contribution in [2.45, 2.75) is 39.5 Å². The molecule has 148 valence electrons. The second-order valence-corrected chi connectivity index (χ2v) is 8.49. The molecule has 0 bridgehead atoms. The minimum atomic E-state index is -0.395. The van der Waals surface area contributed by atoms with Crippen LogP contribution in [0.5, 0.6) is 0 Å². The summed E-state index contributed by atoms with van der Waals surface area (Å²) in [6.07, 6.45) is 6.66. The quantitative estimate of drug-likeness (QED) is 0.844. The van der Waals surface area contributed by atoms with Crippen LogP contribution in [0.15, 0.2) is 71.5 Å². The van der Waals surface area contributed by atoms with Crippen molar-refractivity contribution < 1.29 is 19.6 Å². The van der Waals surface area contributed by atoms with Crippen LogP contribution in [-0.2, 0) is 9.59 Å². The second kappa shape index (κ2) is 7.28. The first-order chi connectivity index (χ1) is 13.9. The zero-order valence-corrected chi connectivity index (χ0v) is 16.9. The summed E-state index contributed by atoms with van der Waals surface area (Å²) in [7, 11) is 0. The molecule has 3 heterocycles. The minimum Gasteiger partial charge on any atom is -0.362 e. The van der Waals surface area contributed by atoms with Gasteiger partial charge in [-0.1, -0.05) is 19.9 Å². The summed E-state index contributed by atoms with van der Waals surface area (Å²) >= 11 is 0. The van der Waals surface area contributed by atoms with E-state index in [2.05, 4.69) is 34.4 Å². The van der Waals surface area contributed by atoms with Crippen molar-refractivity contribution >= 4 is 17.5 Å². The molecule has 1 aliphatic heterocycles. The molecule has 4 N–H and O–H groups in total. The average Bonchev–Trinajstić information content (AvgIpc) is 2.67. The Morgan fingerprint density at radius 3 is 2.59 bits per heavy atom. The number of hydrogen-bond donors (Lipinski definition) is 2. The molecule has 2 aromatic heterocycles. The van der Waals surface area contributed by atoms with Crippen LogP contribution >= 0.6 is 0 Å². The number of aromatic nitrogens is 2. The monoisotopic (exact) mass is 390 g/mol. The van der Waals surface area contributed by atoms with Crippen LogP contribution in [0.4, 0.5) is 5.82 Å². The molecule has 0 fully saturated rings. The summed E-state index contributed by atoms with van der Waals surface area (Å²) in [4.78, 5) is 32.5. The molecule has 4 rings (SSSR count). The standard InChI is InChI=1S/C23H24N4O2/c1-14-19(22(29)27-18-6-4-5-9-25-18)20(15-7-10-24-11-8-15)21-16(26-14)12-23(2,3)13-17(21)28/h4-11,20,26H,12-13H2,1-3H3,(H,25,27,29)/p+2. The normalized spacial score (nSPS) is 20.8. The van der Waals surface area contributed by atoms with Gasteiger partial charge in [0.2, 0.25) is 0 Å². The summed E-state index contributed by atoms with van der Waals surface area (Å²) in [6.45, 7) is 6.12. The van der Waals surface area contributed by atoms with E-state index in [0.717, 1.165) is 23.4 Å². The van der Waals surface area contributed by atoms with E-state index in [1.54, 1.807) is 12.3 Å². The number of H-pyrrole nitrogens is 2. The number of nitrogens with one attached hydrogen (secondary N) is 4. The van der Waals surface area contributed by atoms with Crippen LogP contribution in [0.3, 0.4) is 0 Å². The summed E-state index contributed by atoms with van der Waals surface area (Å²) < 4.78 is 0. The number of Topliss-reactive ketones (excluding diaryl/α,β-unsaturated/α-hetero) is 1. The van der Waals surface area contributed by atoms with Gasteiger partial charge in [-0.25, -0.2) is 20.1 Å². The fourth-order valence-electron chi connectivity index (χ4n) is 4.32. The zero-order chi connectivity index (χ0) is 20.6. The highest BCUT2D eigenvalue weighted by Crippen LogP contribution is 2.46. The number of carbonyl (C=O) groups is 2. The lowest BCUT2D eigenvalue weighted by atomic mass is 9.68. The number of anilines is 1. The lowest BCUT2D eigenvalue weighted by molar-refractivity contribution is -0.378. The molecule has 6 heteroatoms. The molecule has 1 aliphatic carbocycles. The first-order valence-electron chi connectivity index (χ1n) is 9.84. The van der Waals surface area contributed by atoms with Crippen LogP contribution in [0.25, 0.3) is 0 Å². The van der Waals surface area contributed by atoms with Crippen molar-refractivity contribution in [3.05, 3.63) is 77.0 Å². The maximum atomic E-state index is 13.3. The SMILES string of the molecule is CC1=C(C(=O)Nc2cccc[nH+]2)C(c2cc[nH+]cc2)C2=C(CC(C)(C)CC2=O)N1. The first kappa shape index (κ1) is 19.1. The molecule has 0 radical (unpaired) electrons. The lowest BCUT2D eigenvalue weighted by Crippen LogP contribution is -2.39. The number of aromatic amines is 2. The van der Waals surface area contributed by atoms with Crippen molar-refractivity contribution in [2.24, 2.45) is 5.41 Å². The van der Waals surface area contributed by atoms with Crippen molar-refractivity contribution in [1.29, 1.82) is 0 Å². The van der Waals surface area contributed by atoms with Crippen molar-refractivity contribution in [3.63, 3.8) is 0 Å². The Kier molecular flexibility index (Phi) is 4.78. The molecule has 29 heavy (non-hydrogen) atoms. The molecule has 6 nitrogen and oxygen atoms in total. The molecule has 0 aromatic carbocycles. The van der Waals surface area contributed by atoms with Crippen molar-refractivity contribution in [3.8, 4) is 0 Å². The molecular weight excluding hydrogens is 364 g/mol. The number of allylic oxidation sites excluding steroid dienone is 3. The third kappa shape index (κ3) is 3.70. The maximum absolute atomic E-state index is 13.3. The van der Waals surface area contributed by atoms with Crippen molar-refractivity contribution in [2.75, 3.05) is 5.32 Å². The van der Waals surface area contributed by atoms with Gasteiger partial charge in [-0.3, -0.25) is 4.79 Å². The van der Waals surface area contributed by atoms with Crippen LogP contribution in [0.2, 0.25) is 0 Å². The molecule has 0 saturated carbocycles. The Labute approximate surface area is 170 Å². The third-order valence-corrected chi connectivity index (χ3v) is 5.52. The van der Waals surface area contributed by atoms with E-state index in [-0.39, 0.29) is 17.1 Å². The molecule has 1 unspecified atom stereocenters. The molecule has 0 spiro atoms. The Morgan fingerprint density at radius 2 is 1.90 bits per heavy atom. The van der Waals surface area contributed by atoms with Gasteiger partial charge in [-0.05, 0) is 30.4 Å². The Morgan fingerprint density at radius 1 is 1.14 bits per heavy atom. The number of rotatable bonds is 3. The minimum absolute atomic E-state index is 0.100. The summed E-state index contributed by atoms with van der Waals surface area (Å²) in [6, 6.07) is 9.37. The van der Waals surface area contributed by atoms with Gasteiger partial charge in [0.15, 0.2) is 18.2 Å². The van der Waals surface area contributed by atoms with E-state index in [1.807, 2.05) is 43.6 Å². The predicted molar refractivity (Wildman–Crippen MR) is 108 cm³/mol. The van der Waals surface area contributed by atoms with Crippen LogP contribution in [0, 0.1) is 5.41 Å². The van der Waals surface area contributed by atoms with E-state index in [1.165, 1.54) is 0 Å². The van der Waals surface area contributed by atoms with Crippen LogP contribution in [-0.4, -0.2) is 11.7 Å². The molecular formula is C23H26N4O2+2. The van der Waals surface area contributed by atoms with Crippen LogP contribution < -0.4 is 20.6 Å². The molecule has 2 aromatic rings. The smallest absolute Gasteiger partial charge is 0.337 e. The average molecular weight is 390 g/mol. The topological polar surface area (TPSA) is 86.5 Å². The maximum Gasteiger partial charge on any atom is 0.337 e. The van der Waals surface area contributed by atoms with E-state index < -0.39 is 5.92 Å². The Hall–Kier alpha value is -3.28. The predicted octanol–water partition coefficient (Wildman–Crippen LogP) is 2.56. The number of hydrogen-bond acceptors (Lipinski definition) is 3.